The monoisotopic (exact) mass is 207 g/mol. The zero-order chi connectivity index (χ0) is 10.4. The summed E-state index contributed by atoms with van der Waals surface area (Å²) >= 11 is -2.38. The van der Waals surface area contributed by atoms with Crippen molar-refractivity contribution >= 4 is 17.0 Å². The maximum Gasteiger partial charge on any atom is 0.320 e. The minimum atomic E-state index is -2.38. The molecule has 0 aliphatic carbocycles. The predicted molar refractivity (Wildman–Crippen MR) is 48.8 cm³/mol. The van der Waals surface area contributed by atoms with Gasteiger partial charge in [-0.3, -0.25) is 9.00 Å². The summed E-state index contributed by atoms with van der Waals surface area (Å²) in [5.74, 6) is -0.398. The van der Waals surface area contributed by atoms with Crippen molar-refractivity contribution < 1.29 is 18.3 Å². The van der Waals surface area contributed by atoms with Crippen LogP contribution in [0.1, 0.15) is 27.2 Å². The first kappa shape index (κ1) is 12.6. The van der Waals surface area contributed by atoms with Gasteiger partial charge in [-0.2, -0.15) is 0 Å². The predicted octanol–water partition coefficient (Wildman–Crippen LogP) is 0.843. The van der Waals surface area contributed by atoms with Crippen LogP contribution in [-0.2, 0) is 20.6 Å². The van der Waals surface area contributed by atoms with Gasteiger partial charge in [0.1, 0.15) is 5.25 Å². The average molecular weight is 207 g/mol. The third kappa shape index (κ3) is 5.00. The second-order valence-corrected chi connectivity index (χ2v) is 4.27. The summed E-state index contributed by atoms with van der Waals surface area (Å²) in [6.07, 6.45) is 0.905. The molecule has 0 saturated carbocycles. The van der Waals surface area contributed by atoms with Crippen LogP contribution in [0.2, 0.25) is 0 Å². The van der Waals surface area contributed by atoms with Crippen LogP contribution in [0.3, 0.4) is 0 Å². The molecule has 0 aromatic heterocycles. The first-order chi connectivity index (χ1) is 5.99. The van der Waals surface area contributed by atoms with E-state index in [1.165, 1.54) is 6.92 Å². The molecule has 4 nitrogen and oxygen atoms in total. The lowest BCUT2D eigenvalue weighted by atomic mass is 10.1. The number of ether oxygens (including phenoxy) is 1. The van der Waals surface area contributed by atoms with E-state index in [4.69, 9.17) is 4.74 Å². The Balaban J connectivity index is 3.81. The summed E-state index contributed by atoms with van der Waals surface area (Å²) in [4.78, 5) is 11.0. The van der Waals surface area contributed by atoms with Crippen LogP contribution in [0.25, 0.3) is 0 Å². The summed E-state index contributed by atoms with van der Waals surface area (Å²) in [6.45, 7) is 5.51. The van der Waals surface area contributed by atoms with Gasteiger partial charge in [-0.1, -0.05) is 20.3 Å². The maximum atomic E-state index is 11.0. The van der Waals surface area contributed by atoms with Crippen molar-refractivity contribution in [2.24, 2.45) is 5.92 Å². The smallest absolute Gasteiger partial charge is 0.320 e. The van der Waals surface area contributed by atoms with Crippen molar-refractivity contribution in [1.82, 2.24) is 0 Å². The minimum Gasteiger partial charge on any atom is -0.772 e. The molecule has 3 atom stereocenters. The highest BCUT2D eigenvalue weighted by Crippen LogP contribution is 2.03. The molecule has 0 saturated heterocycles. The third-order valence-electron chi connectivity index (χ3n) is 1.83. The van der Waals surface area contributed by atoms with E-state index < -0.39 is 22.3 Å². The van der Waals surface area contributed by atoms with E-state index >= 15 is 0 Å². The van der Waals surface area contributed by atoms with Gasteiger partial charge in [0.2, 0.25) is 0 Å². The third-order valence-corrected chi connectivity index (χ3v) is 2.60. The average Bonchev–Trinajstić information content (AvgIpc) is 2.11. The first-order valence-electron chi connectivity index (χ1n) is 4.23. The van der Waals surface area contributed by atoms with E-state index in [2.05, 4.69) is 0 Å². The first-order valence-corrected chi connectivity index (χ1v) is 5.37. The van der Waals surface area contributed by atoms with Gasteiger partial charge in [-0.05, 0) is 23.9 Å². The molecule has 0 radical (unpaired) electrons. The van der Waals surface area contributed by atoms with E-state index in [1.54, 1.807) is 0 Å². The molecule has 0 bridgehead atoms. The van der Waals surface area contributed by atoms with Crippen molar-refractivity contribution in [3.05, 3.63) is 0 Å². The van der Waals surface area contributed by atoms with Crippen molar-refractivity contribution in [2.75, 3.05) is 6.61 Å². The van der Waals surface area contributed by atoms with Gasteiger partial charge >= 0.3 is 5.97 Å². The van der Waals surface area contributed by atoms with Crippen molar-refractivity contribution in [3.8, 4) is 0 Å². The number of carbonyl (C=O) groups excluding carboxylic acids is 1. The van der Waals surface area contributed by atoms with E-state index in [0.717, 1.165) is 6.42 Å². The topological polar surface area (TPSA) is 66.4 Å². The Bertz CT molecular complexity index is 193. The van der Waals surface area contributed by atoms with Gasteiger partial charge in [-0.15, -0.1) is 0 Å². The van der Waals surface area contributed by atoms with Crippen LogP contribution in [0.15, 0.2) is 0 Å². The zero-order valence-corrected chi connectivity index (χ0v) is 8.93. The Morgan fingerprint density at radius 3 is 2.46 bits per heavy atom. The summed E-state index contributed by atoms with van der Waals surface area (Å²) in [6, 6.07) is 0. The zero-order valence-electron chi connectivity index (χ0n) is 8.11. The Kier molecular flexibility index (Phi) is 5.90. The van der Waals surface area contributed by atoms with Crippen molar-refractivity contribution in [3.63, 3.8) is 0 Å². The van der Waals surface area contributed by atoms with Gasteiger partial charge in [0.25, 0.3) is 0 Å². The molecule has 0 amide bonds. The van der Waals surface area contributed by atoms with Gasteiger partial charge in [-0.25, -0.2) is 0 Å². The molecule has 13 heavy (non-hydrogen) atoms. The standard InChI is InChI=1S/C8H16O4S/c1-4-6(2)5-12-8(9)7(3)13(10)11/h6-7H,4-5H2,1-3H3,(H,10,11)/p-1. The Morgan fingerprint density at radius 2 is 2.08 bits per heavy atom. The number of esters is 1. The minimum absolute atomic E-state index is 0.274. The summed E-state index contributed by atoms with van der Waals surface area (Å²) in [5, 5.41) is -1.07. The quantitative estimate of drug-likeness (QED) is 0.495. The molecule has 5 heteroatoms. The highest BCUT2D eigenvalue weighted by atomic mass is 32.2. The van der Waals surface area contributed by atoms with Crippen molar-refractivity contribution in [1.29, 1.82) is 0 Å². The summed E-state index contributed by atoms with van der Waals surface area (Å²) < 4.78 is 25.5. The molecule has 0 aromatic carbocycles. The molecule has 3 unspecified atom stereocenters. The van der Waals surface area contributed by atoms with Gasteiger partial charge in [0.15, 0.2) is 0 Å². The fourth-order valence-electron chi connectivity index (χ4n) is 0.538. The molecule has 0 N–H and O–H groups in total. The lowest BCUT2D eigenvalue weighted by Gasteiger charge is -2.15. The van der Waals surface area contributed by atoms with Crippen molar-refractivity contribution in [2.45, 2.75) is 32.4 Å². The van der Waals surface area contributed by atoms with E-state index in [1.807, 2.05) is 13.8 Å². The molecule has 0 rings (SSSR count). The number of carbonyl (C=O) groups is 1. The van der Waals surface area contributed by atoms with Crippen LogP contribution in [0.5, 0.6) is 0 Å². The Labute approximate surface area is 80.9 Å². The van der Waals surface area contributed by atoms with Gasteiger partial charge < -0.3 is 9.29 Å². The SMILES string of the molecule is CCC(C)COC(=O)C(C)S(=O)[O-]. The van der Waals surface area contributed by atoms with Gasteiger partial charge in [0, 0.05) is 0 Å². The summed E-state index contributed by atoms with van der Waals surface area (Å²) in [5.41, 5.74) is 0. The number of hydrogen-bond donors (Lipinski definition) is 0. The van der Waals surface area contributed by atoms with Crippen LogP contribution in [-0.4, -0.2) is 26.6 Å². The van der Waals surface area contributed by atoms with Gasteiger partial charge in [0.05, 0.1) is 6.61 Å². The Hall–Kier alpha value is -0.420. The number of rotatable bonds is 5. The molecule has 0 heterocycles. The second kappa shape index (κ2) is 6.10. The lowest BCUT2D eigenvalue weighted by molar-refractivity contribution is -0.144. The van der Waals surface area contributed by atoms with Crippen LogP contribution >= 0.6 is 0 Å². The molecule has 0 fully saturated rings. The fourth-order valence-corrected chi connectivity index (χ4v) is 0.763. The second-order valence-electron chi connectivity index (χ2n) is 3.05. The Morgan fingerprint density at radius 1 is 1.54 bits per heavy atom. The van der Waals surface area contributed by atoms with E-state index in [9.17, 15) is 13.6 Å². The highest BCUT2D eigenvalue weighted by molar-refractivity contribution is 7.80. The molecule has 0 aliphatic heterocycles. The molecule has 0 aliphatic rings. The molecule has 78 valence electrons. The molecular weight excluding hydrogens is 192 g/mol. The normalized spacial score (nSPS) is 17.5. The highest BCUT2D eigenvalue weighted by Gasteiger charge is 2.15. The molecule has 0 aromatic rings. The van der Waals surface area contributed by atoms with E-state index in [-0.39, 0.29) is 12.5 Å². The lowest BCUT2D eigenvalue weighted by Crippen LogP contribution is -2.26. The van der Waals surface area contributed by atoms with Crippen LogP contribution < -0.4 is 0 Å². The molecular formula is C8H15O4S-. The fraction of sp³-hybridized carbons (Fsp3) is 0.875. The van der Waals surface area contributed by atoms with Crippen LogP contribution in [0, 0.1) is 5.92 Å². The molecule has 0 spiro atoms. The number of hydrogen-bond acceptors (Lipinski definition) is 4. The summed E-state index contributed by atoms with van der Waals surface area (Å²) in [7, 11) is 0. The van der Waals surface area contributed by atoms with E-state index in [0.29, 0.717) is 0 Å². The van der Waals surface area contributed by atoms with Crippen LogP contribution in [0.4, 0.5) is 0 Å². The maximum absolute atomic E-state index is 11.0. The largest absolute Gasteiger partial charge is 0.772 e.